The molecule has 2 atom stereocenters. The number of aryl methyl sites for hydroxylation is 1. The fraction of sp³-hybridized carbons (Fsp3) is 0.500. The maximum Gasteiger partial charge on any atom is 0.340 e. The van der Waals surface area contributed by atoms with Gasteiger partial charge in [0.2, 0.25) is 0 Å². The lowest BCUT2D eigenvalue weighted by molar-refractivity contribution is -0.146. The number of esters is 1. The summed E-state index contributed by atoms with van der Waals surface area (Å²) < 4.78 is 18.3. The zero-order chi connectivity index (χ0) is 19.6. The Labute approximate surface area is 158 Å². The average molecular weight is 374 g/mol. The van der Waals surface area contributed by atoms with Gasteiger partial charge in [-0.05, 0) is 45.9 Å². The van der Waals surface area contributed by atoms with Gasteiger partial charge in [-0.3, -0.25) is 4.79 Å². The van der Waals surface area contributed by atoms with Crippen LogP contribution in [0.3, 0.4) is 0 Å². The maximum absolute atomic E-state index is 12.5. The molecule has 1 amide bonds. The van der Waals surface area contributed by atoms with Gasteiger partial charge in [-0.2, -0.15) is 0 Å². The van der Waals surface area contributed by atoms with Gasteiger partial charge in [0.25, 0.3) is 5.91 Å². The number of furan rings is 1. The zero-order valence-corrected chi connectivity index (χ0v) is 16.2. The van der Waals surface area contributed by atoms with E-state index >= 15 is 0 Å². The standard InChI is InChI=1S/C20H26N2O5/c1-13-8-18(16(4)22(13)11-17-6-5-7-25-17)20(24)26-12-19(23)21-9-14(2)27-15(3)10-21/h5-8,14-15H,9-12H2,1-4H3. The van der Waals surface area contributed by atoms with Crippen molar-refractivity contribution in [1.29, 1.82) is 0 Å². The van der Waals surface area contributed by atoms with E-state index < -0.39 is 5.97 Å². The van der Waals surface area contributed by atoms with Crippen molar-refractivity contribution < 1.29 is 23.5 Å². The molecule has 2 aromatic rings. The summed E-state index contributed by atoms with van der Waals surface area (Å²) in [5.74, 6) is 0.119. The molecule has 7 heteroatoms. The Morgan fingerprint density at radius 2 is 1.93 bits per heavy atom. The molecule has 0 aromatic carbocycles. The first-order valence-corrected chi connectivity index (χ1v) is 9.14. The molecule has 7 nitrogen and oxygen atoms in total. The number of carbonyl (C=O) groups excluding carboxylic acids is 2. The summed E-state index contributed by atoms with van der Waals surface area (Å²) >= 11 is 0. The number of carbonyl (C=O) groups is 2. The van der Waals surface area contributed by atoms with Crippen LogP contribution in [0.25, 0.3) is 0 Å². The van der Waals surface area contributed by atoms with Crippen LogP contribution in [0.1, 0.15) is 41.4 Å². The van der Waals surface area contributed by atoms with Gasteiger partial charge >= 0.3 is 5.97 Å². The van der Waals surface area contributed by atoms with Crippen LogP contribution < -0.4 is 0 Å². The Kier molecular flexibility index (Phi) is 5.70. The molecule has 1 saturated heterocycles. The van der Waals surface area contributed by atoms with Crippen molar-refractivity contribution in [1.82, 2.24) is 9.47 Å². The molecule has 3 rings (SSSR count). The third kappa shape index (κ3) is 4.42. The highest BCUT2D eigenvalue weighted by Gasteiger charge is 2.27. The van der Waals surface area contributed by atoms with E-state index in [4.69, 9.17) is 13.9 Å². The molecular weight excluding hydrogens is 348 g/mol. The molecule has 146 valence electrons. The Morgan fingerprint density at radius 1 is 1.22 bits per heavy atom. The van der Waals surface area contributed by atoms with Crippen LogP contribution in [-0.4, -0.2) is 53.2 Å². The van der Waals surface area contributed by atoms with E-state index in [-0.39, 0.29) is 24.7 Å². The van der Waals surface area contributed by atoms with Crippen molar-refractivity contribution in [2.24, 2.45) is 0 Å². The first-order chi connectivity index (χ1) is 12.8. The summed E-state index contributed by atoms with van der Waals surface area (Å²) in [6.45, 7) is 8.94. The van der Waals surface area contributed by atoms with Crippen molar-refractivity contribution in [3.63, 3.8) is 0 Å². The van der Waals surface area contributed by atoms with Gasteiger partial charge in [0, 0.05) is 24.5 Å². The Morgan fingerprint density at radius 3 is 2.56 bits per heavy atom. The van der Waals surface area contributed by atoms with E-state index in [9.17, 15) is 9.59 Å². The predicted octanol–water partition coefficient (Wildman–Crippen LogP) is 2.54. The van der Waals surface area contributed by atoms with E-state index in [0.717, 1.165) is 17.1 Å². The molecule has 0 saturated carbocycles. The Balaban J connectivity index is 1.62. The smallest absolute Gasteiger partial charge is 0.340 e. The molecule has 0 bridgehead atoms. The fourth-order valence-electron chi connectivity index (χ4n) is 3.49. The van der Waals surface area contributed by atoms with Gasteiger partial charge in [0.05, 0.1) is 30.6 Å². The third-order valence-electron chi connectivity index (χ3n) is 4.79. The van der Waals surface area contributed by atoms with Crippen LogP contribution in [0.15, 0.2) is 28.9 Å². The van der Waals surface area contributed by atoms with Gasteiger partial charge in [0.15, 0.2) is 6.61 Å². The zero-order valence-electron chi connectivity index (χ0n) is 16.2. The lowest BCUT2D eigenvalue weighted by Crippen LogP contribution is -2.49. The van der Waals surface area contributed by atoms with Crippen molar-refractivity contribution in [3.05, 3.63) is 47.2 Å². The quantitative estimate of drug-likeness (QED) is 0.752. The number of nitrogens with zero attached hydrogens (tertiary/aromatic N) is 2. The van der Waals surface area contributed by atoms with Gasteiger partial charge < -0.3 is 23.4 Å². The fourth-order valence-corrected chi connectivity index (χ4v) is 3.49. The largest absolute Gasteiger partial charge is 0.467 e. The number of hydrogen-bond acceptors (Lipinski definition) is 5. The van der Waals surface area contributed by atoms with Crippen molar-refractivity contribution in [2.45, 2.75) is 46.4 Å². The summed E-state index contributed by atoms with van der Waals surface area (Å²) in [7, 11) is 0. The topological polar surface area (TPSA) is 73.9 Å². The minimum absolute atomic E-state index is 0.0195. The van der Waals surface area contributed by atoms with Gasteiger partial charge in [-0.25, -0.2) is 4.79 Å². The first kappa shape index (κ1) is 19.2. The highest BCUT2D eigenvalue weighted by Crippen LogP contribution is 2.19. The molecule has 2 unspecified atom stereocenters. The van der Waals surface area contributed by atoms with Crippen LogP contribution in [0.2, 0.25) is 0 Å². The number of aromatic nitrogens is 1. The lowest BCUT2D eigenvalue weighted by atomic mass is 10.2. The lowest BCUT2D eigenvalue weighted by Gasteiger charge is -2.35. The molecule has 1 fully saturated rings. The molecule has 0 radical (unpaired) electrons. The van der Waals surface area contributed by atoms with Crippen molar-refractivity contribution >= 4 is 11.9 Å². The summed E-state index contributed by atoms with van der Waals surface area (Å²) in [5, 5.41) is 0. The maximum atomic E-state index is 12.5. The average Bonchev–Trinajstić information content (AvgIpc) is 3.22. The van der Waals surface area contributed by atoms with Crippen LogP contribution in [0, 0.1) is 13.8 Å². The molecule has 1 aliphatic heterocycles. The van der Waals surface area contributed by atoms with E-state index in [1.54, 1.807) is 17.2 Å². The first-order valence-electron chi connectivity index (χ1n) is 9.14. The van der Waals surface area contributed by atoms with E-state index in [1.807, 2.05) is 44.4 Å². The molecule has 3 heterocycles. The minimum atomic E-state index is -0.489. The molecule has 0 aliphatic carbocycles. The highest BCUT2D eigenvalue weighted by molar-refractivity contribution is 5.92. The summed E-state index contributed by atoms with van der Waals surface area (Å²) in [6.07, 6.45) is 1.58. The number of rotatable bonds is 5. The van der Waals surface area contributed by atoms with Crippen molar-refractivity contribution in [2.75, 3.05) is 19.7 Å². The number of amides is 1. The summed E-state index contributed by atoms with van der Waals surface area (Å²) in [6, 6.07) is 5.50. The van der Waals surface area contributed by atoms with E-state index in [2.05, 4.69) is 0 Å². The van der Waals surface area contributed by atoms with Gasteiger partial charge in [-0.15, -0.1) is 0 Å². The van der Waals surface area contributed by atoms with E-state index in [0.29, 0.717) is 25.2 Å². The predicted molar refractivity (Wildman–Crippen MR) is 98.6 cm³/mol. The Bertz CT molecular complexity index is 799. The molecule has 27 heavy (non-hydrogen) atoms. The summed E-state index contributed by atoms with van der Waals surface area (Å²) in [5.41, 5.74) is 2.18. The van der Waals surface area contributed by atoms with E-state index in [1.165, 1.54) is 0 Å². The molecule has 1 aliphatic rings. The minimum Gasteiger partial charge on any atom is -0.467 e. The van der Waals surface area contributed by atoms with Crippen LogP contribution >= 0.6 is 0 Å². The third-order valence-corrected chi connectivity index (χ3v) is 4.79. The number of morpholine rings is 1. The van der Waals surface area contributed by atoms with Crippen LogP contribution in [0.5, 0.6) is 0 Å². The second kappa shape index (κ2) is 8.00. The van der Waals surface area contributed by atoms with Crippen LogP contribution in [0.4, 0.5) is 0 Å². The molecule has 0 N–H and O–H groups in total. The monoisotopic (exact) mass is 374 g/mol. The molecular formula is C20H26N2O5. The SMILES string of the molecule is Cc1cc(C(=O)OCC(=O)N2CC(C)OC(C)C2)c(C)n1Cc1ccco1. The summed E-state index contributed by atoms with van der Waals surface area (Å²) in [4.78, 5) is 26.6. The second-order valence-corrected chi connectivity index (χ2v) is 7.08. The number of hydrogen-bond donors (Lipinski definition) is 0. The molecule has 2 aromatic heterocycles. The Hall–Kier alpha value is -2.54. The van der Waals surface area contributed by atoms with Gasteiger partial charge in [0.1, 0.15) is 5.76 Å². The normalized spacial score (nSPS) is 19.9. The highest BCUT2D eigenvalue weighted by atomic mass is 16.5. The number of ether oxygens (including phenoxy) is 2. The van der Waals surface area contributed by atoms with Crippen LogP contribution in [-0.2, 0) is 20.8 Å². The second-order valence-electron chi connectivity index (χ2n) is 7.08. The molecule has 0 spiro atoms. The van der Waals surface area contributed by atoms with Crippen molar-refractivity contribution in [3.8, 4) is 0 Å². The van der Waals surface area contributed by atoms with Gasteiger partial charge in [-0.1, -0.05) is 0 Å².